The zero-order chi connectivity index (χ0) is 20.5. The van der Waals surface area contributed by atoms with Gasteiger partial charge in [-0.1, -0.05) is 24.3 Å². The quantitative estimate of drug-likeness (QED) is 0.451. The molecule has 0 aliphatic rings. The fourth-order valence-corrected chi connectivity index (χ4v) is 2.15. The molecule has 0 aliphatic carbocycles. The van der Waals surface area contributed by atoms with E-state index < -0.39 is 11.8 Å². The average Bonchev–Trinajstić information content (AvgIpc) is 2.68. The molecule has 0 radical (unpaired) electrons. The number of carbonyl (C=O) groups is 2. The number of carbonyl (C=O) groups excluding carboxylic acids is 2. The van der Waals surface area contributed by atoms with Crippen molar-refractivity contribution in [2.24, 2.45) is 10.2 Å². The smallest absolute Gasteiger partial charge is 0.331 e. The standard InChI is InChI=1S/C20H24N6O2/c1-25(2)17-9-5-15(6-10-17)13-21-23-19(27)20(28)24-22-14-16-7-11-18(12-8-16)26(3)4/h5-14H,1-4H3,(H,23,27)(H,24,28)/b21-13-,22-14?. The first-order valence-electron chi connectivity index (χ1n) is 8.58. The van der Waals surface area contributed by atoms with Gasteiger partial charge in [0.05, 0.1) is 12.4 Å². The van der Waals surface area contributed by atoms with Crippen LogP contribution in [0, 0.1) is 0 Å². The van der Waals surface area contributed by atoms with Crippen molar-refractivity contribution in [3.8, 4) is 0 Å². The highest BCUT2D eigenvalue weighted by Crippen LogP contribution is 2.11. The Labute approximate surface area is 164 Å². The van der Waals surface area contributed by atoms with Crippen LogP contribution >= 0.6 is 0 Å². The Kier molecular flexibility index (Phi) is 7.27. The molecule has 2 N–H and O–H groups in total. The lowest BCUT2D eigenvalue weighted by molar-refractivity contribution is -0.139. The first-order chi connectivity index (χ1) is 13.4. The van der Waals surface area contributed by atoms with Crippen LogP contribution < -0.4 is 20.7 Å². The highest BCUT2D eigenvalue weighted by atomic mass is 16.2. The molecular weight excluding hydrogens is 356 g/mol. The van der Waals surface area contributed by atoms with E-state index in [4.69, 9.17) is 0 Å². The van der Waals surface area contributed by atoms with Gasteiger partial charge in [-0.25, -0.2) is 10.9 Å². The number of benzene rings is 2. The molecule has 0 fully saturated rings. The third kappa shape index (κ3) is 6.24. The minimum absolute atomic E-state index is 0.797. The van der Waals surface area contributed by atoms with Gasteiger partial charge in [0, 0.05) is 39.6 Å². The van der Waals surface area contributed by atoms with E-state index in [1.165, 1.54) is 12.4 Å². The van der Waals surface area contributed by atoms with Crippen molar-refractivity contribution in [3.63, 3.8) is 0 Å². The largest absolute Gasteiger partial charge is 0.378 e. The fourth-order valence-electron chi connectivity index (χ4n) is 2.15. The van der Waals surface area contributed by atoms with E-state index in [-0.39, 0.29) is 0 Å². The van der Waals surface area contributed by atoms with Crippen molar-refractivity contribution < 1.29 is 9.59 Å². The number of hydrazone groups is 2. The summed E-state index contributed by atoms with van der Waals surface area (Å²) in [5.74, 6) is -1.80. The second kappa shape index (κ2) is 9.86. The number of hydrogen-bond acceptors (Lipinski definition) is 6. The normalized spacial score (nSPS) is 10.9. The lowest BCUT2D eigenvalue weighted by Crippen LogP contribution is -2.35. The average molecular weight is 380 g/mol. The molecule has 2 amide bonds. The summed E-state index contributed by atoms with van der Waals surface area (Å²) < 4.78 is 0. The molecule has 0 atom stereocenters. The molecule has 8 heteroatoms. The van der Waals surface area contributed by atoms with Gasteiger partial charge in [0.2, 0.25) is 0 Å². The maximum atomic E-state index is 11.7. The van der Waals surface area contributed by atoms with Crippen LogP contribution in [0.4, 0.5) is 11.4 Å². The Hall–Kier alpha value is -3.68. The summed E-state index contributed by atoms with van der Waals surface area (Å²) in [4.78, 5) is 27.4. The van der Waals surface area contributed by atoms with E-state index in [1.807, 2.05) is 86.5 Å². The number of rotatable bonds is 6. The Balaban J connectivity index is 1.81. The van der Waals surface area contributed by atoms with Crippen LogP contribution in [0.1, 0.15) is 11.1 Å². The van der Waals surface area contributed by atoms with Gasteiger partial charge in [0.15, 0.2) is 0 Å². The van der Waals surface area contributed by atoms with E-state index in [9.17, 15) is 9.59 Å². The molecule has 2 rings (SSSR count). The van der Waals surface area contributed by atoms with Crippen LogP contribution in [0.3, 0.4) is 0 Å². The van der Waals surface area contributed by atoms with E-state index in [2.05, 4.69) is 21.1 Å². The highest BCUT2D eigenvalue weighted by molar-refractivity contribution is 6.35. The van der Waals surface area contributed by atoms with Crippen LogP contribution in [0.2, 0.25) is 0 Å². The third-order valence-corrected chi connectivity index (χ3v) is 3.78. The van der Waals surface area contributed by atoms with Crippen LogP contribution in [-0.2, 0) is 9.59 Å². The Morgan fingerprint density at radius 2 is 1.00 bits per heavy atom. The van der Waals surface area contributed by atoms with Gasteiger partial charge in [-0.3, -0.25) is 9.59 Å². The number of anilines is 2. The van der Waals surface area contributed by atoms with Crippen LogP contribution in [0.25, 0.3) is 0 Å². The van der Waals surface area contributed by atoms with Crippen molar-refractivity contribution in [2.45, 2.75) is 0 Å². The van der Waals surface area contributed by atoms with Gasteiger partial charge in [-0.2, -0.15) is 10.2 Å². The van der Waals surface area contributed by atoms with Crippen molar-refractivity contribution in [1.82, 2.24) is 10.9 Å². The summed E-state index contributed by atoms with van der Waals surface area (Å²) in [7, 11) is 7.79. The van der Waals surface area contributed by atoms with E-state index in [0.29, 0.717) is 0 Å². The van der Waals surface area contributed by atoms with Gasteiger partial charge in [0.1, 0.15) is 0 Å². The van der Waals surface area contributed by atoms with Crippen molar-refractivity contribution in [3.05, 3.63) is 59.7 Å². The lowest BCUT2D eigenvalue weighted by Gasteiger charge is -2.11. The molecule has 2 aromatic rings. The summed E-state index contributed by atoms with van der Waals surface area (Å²) >= 11 is 0. The van der Waals surface area contributed by atoms with Gasteiger partial charge < -0.3 is 9.80 Å². The maximum absolute atomic E-state index is 11.7. The van der Waals surface area contributed by atoms with Crippen molar-refractivity contribution in [2.75, 3.05) is 38.0 Å². The van der Waals surface area contributed by atoms with Gasteiger partial charge in [-0.15, -0.1) is 0 Å². The Bertz CT molecular complexity index is 782. The number of nitrogens with zero attached hydrogens (tertiary/aromatic N) is 4. The maximum Gasteiger partial charge on any atom is 0.331 e. The topological polar surface area (TPSA) is 89.4 Å². The van der Waals surface area contributed by atoms with Gasteiger partial charge in [-0.05, 0) is 35.4 Å². The van der Waals surface area contributed by atoms with Crippen LogP contribution in [0.5, 0.6) is 0 Å². The minimum Gasteiger partial charge on any atom is -0.378 e. The monoisotopic (exact) mass is 380 g/mol. The van der Waals surface area contributed by atoms with Gasteiger partial charge >= 0.3 is 11.8 Å². The number of amides is 2. The third-order valence-electron chi connectivity index (χ3n) is 3.78. The lowest BCUT2D eigenvalue weighted by atomic mass is 10.2. The molecule has 2 aromatic carbocycles. The molecule has 0 saturated carbocycles. The molecule has 0 bridgehead atoms. The first kappa shape index (κ1) is 20.6. The van der Waals surface area contributed by atoms with Crippen LogP contribution in [-0.4, -0.2) is 52.4 Å². The van der Waals surface area contributed by atoms with Crippen molar-refractivity contribution in [1.29, 1.82) is 0 Å². The summed E-state index contributed by atoms with van der Waals surface area (Å²) in [5, 5.41) is 7.55. The summed E-state index contributed by atoms with van der Waals surface area (Å²) in [6.07, 6.45) is 2.92. The SMILES string of the molecule is CN(C)c1ccc(C=NNC(=O)C(=O)N/N=C\c2ccc(N(C)C)cc2)cc1. The number of nitrogens with one attached hydrogen (secondary N) is 2. The molecule has 0 aromatic heterocycles. The van der Waals surface area contributed by atoms with Gasteiger partial charge in [0.25, 0.3) is 0 Å². The molecule has 146 valence electrons. The second-order valence-electron chi connectivity index (χ2n) is 6.37. The van der Waals surface area contributed by atoms with E-state index in [0.717, 1.165) is 22.5 Å². The zero-order valence-electron chi connectivity index (χ0n) is 16.4. The minimum atomic E-state index is -0.902. The Morgan fingerprint density at radius 3 is 1.29 bits per heavy atom. The summed E-state index contributed by atoms with van der Waals surface area (Å²) in [6.45, 7) is 0. The molecule has 28 heavy (non-hydrogen) atoms. The number of hydrogen-bond donors (Lipinski definition) is 2. The Morgan fingerprint density at radius 1 is 0.679 bits per heavy atom. The molecular formula is C20H24N6O2. The summed E-state index contributed by atoms with van der Waals surface area (Å²) in [5.41, 5.74) is 8.03. The molecule has 8 nitrogen and oxygen atoms in total. The molecule has 0 spiro atoms. The first-order valence-corrected chi connectivity index (χ1v) is 8.58. The van der Waals surface area contributed by atoms with E-state index >= 15 is 0 Å². The second-order valence-corrected chi connectivity index (χ2v) is 6.37. The fraction of sp³-hybridized carbons (Fsp3) is 0.200. The highest BCUT2D eigenvalue weighted by Gasteiger charge is 2.11. The molecule has 0 unspecified atom stereocenters. The molecule has 0 heterocycles. The molecule has 0 saturated heterocycles. The predicted octanol–water partition coefficient (Wildman–Crippen LogP) is 1.42. The van der Waals surface area contributed by atoms with Crippen LogP contribution in [0.15, 0.2) is 58.7 Å². The predicted molar refractivity (Wildman–Crippen MR) is 113 cm³/mol. The zero-order valence-corrected chi connectivity index (χ0v) is 16.4. The molecule has 0 aliphatic heterocycles. The summed E-state index contributed by atoms with van der Waals surface area (Å²) in [6, 6.07) is 15.1. The van der Waals surface area contributed by atoms with Crippen molar-refractivity contribution >= 4 is 35.6 Å². The van der Waals surface area contributed by atoms with E-state index in [1.54, 1.807) is 0 Å².